The zero-order valence-electron chi connectivity index (χ0n) is 18.4. The zero-order chi connectivity index (χ0) is 24.2. The van der Waals surface area contributed by atoms with E-state index in [1.807, 2.05) is 18.2 Å². The van der Waals surface area contributed by atoms with Gasteiger partial charge in [-0.15, -0.1) is 0 Å². The largest absolute Gasteiger partial charge is 0.481 e. The Morgan fingerprint density at radius 2 is 2.09 bits per heavy atom. The summed E-state index contributed by atoms with van der Waals surface area (Å²) in [5.74, 6) is 5.20. The third-order valence-corrected chi connectivity index (χ3v) is 6.51. The van der Waals surface area contributed by atoms with Crippen LogP contribution in [-0.2, 0) is 4.79 Å². The van der Waals surface area contributed by atoms with E-state index < -0.39 is 17.7 Å². The Labute approximate surface area is 197 Å². The van der Waals surface area contributed by atoms with Gasteiger partial charge < -0.3 is 5.11 Å². The summed E-state index contributed by atoms with van der Waals surface area (Å²) in [5.41, 5.74) is 0.869. The monoisotopic (exact) mass is 477 g/mol. The van der Waals surface area contributed by atoms with Crippen LogP contribution in [-0.4, -0.2) is 34.7 Å². The van der Waals surface area contributed by atoms with E-state index in [1.54, 1.807) is 19.1 Å². The normalized spacial score (nSPS) is 24.4. The van der Waals surface area contributed by atoms with E-state index in [4.69, 9.17) is 11.6 Å². The standard InChI is InChI=1S/C26H27ClF3NO2/c1-17(2)7-12-23(21-5-3-4-6-22(21)27)31-14-13-18(16-25(32)33)15-24(31)19-8-10-20(11-9-19)26(28,29)30/h3-6,8,10-11,18-19,23-24H,1,9,13-16H2,2H3,(H,32,33)/t18-,19?,23-,24+/m0/s1. The minimum absolute atomic E-state index is 0.0403. The Bertz CT molecular complexity index is 1020. The van der Waals surface area contributed by atoms with Gasteiger partial charge in [-0.25, -0.2) is 0 Å². The van der Waals surface area contributed by atoms with Gasteiger partial charge in [0.2, 0.25) is 0 Å². The molecular weight excluding hydrogens is 451 g/mol. The van der Waals surface area contributed by atoms with Gasteiger partial charge in [0.15, 0.2) is 0 Å². The van der Waals surface area contributed by atoms with Crippen LogP contribution in [0.15, 0.2) is 60.2 Å². The molecule has 3 nitrogen and oxygen atoms in total. The molecule has 33 heavy (non-hydrogen) atoms. The Hall–Kier alpha value is -2.49. The molecule has 0 radical (unpaired) electrons. The van der Waals surface area contributed by atoms with Crippen molar-refractivity contribution in [2.75, 3.05) is 6.54 Å². The van der Waals surface area contributed by atoms with Crippen molar-refractivity contribution in [3.05, 3.63) is 70.8 Å². The molecule has 3 rings (SSSR count). The van der Waals surface area contributed by atoms with Gasteiger partial charge in [-0.1, -0.05) is 66.4 Å². The Morgan fingerprint density at radius 3 is 2.67 bits per heavy atom. The molecule has 0 spiro atoms. The molecule has 1 aromatic carbocycles. The number of carboxylic acid groups (broad SMARTS) is 1. The number of alkyl halides is 3. The average molecular weight is 478 g/mol. The average Bonchev–Trinajstić information content (AvgIpc) is 2.74. The molecule has 1 heterocycles. The fourth-order valence-corrected chi connectivity index (χ4v) is 4.87. The van der Waals surface area contributed by atoms with Gasteiger partial charge in [0.1, 0.15) is 0 Å². The van der Waals surface area contributed by atoms with Gasteiger partial charge in [0.25, 0.3) is 0 Å². The molecule has 1 unspecified atom stereocenters. The lowest BCUT2D eigenvalue weighted by molar-refractivity contribution is -0.138. The third kappa shape index (κ3) is 6.52. The number of piperidine rings is 1. The van der Waals surface area contributed by atoms with Crippen molar-refractivity contribution in [2.45, 2.75) is 50.9 Å². The Balaban J connectivity index is 1.97. The summed E-state index contributed by atoms with van der Waals surface area (Å²) in [5, 5.41) is 9.87. The van der Waals surface area contributed by atoms with Crippen molar-refractivity contribution < 1.29 is 23.1 Å². The molecule has 0 saturated carbocycles. The predicted molar refractivity (Wildman–Crippen MR) is 124 cm³/mol. The first-order valence-electron chi connectivity index (χ1n) is 10.9. The van der Waals surface area contributed by atoms with E-state index in [2.05, 4.69) is 23.3 Å². The van der Waals surface area contributed by atoms with E-state index in [1.165, 1.54) is 6.08 Å². The summed E-state index contributed by atoms with van der Waals surface area (Å²) >= 11 is 6.51. The number of hydrogen-bond donors (Lipinski definition) is 1. The van der Waals surface area contributed by atoms with E-state index in [-0.39, 0.29) is 36.8 Å². The summed E-state index contributed by atoms with van der Waals surface area (Å²) < 4.78 is 39.4. The van der Waals surface area contributed by atoms with Crippen LogP contribution in [0.3, 0.4) is 0 Å². The van der Waals surface area contributed by atoms with Crippen molar-refractivity contribution >= 4 is 17.6 Å². The second-order valence-electron chi connectivity index (χ2n) is 8.68. The molecule has 0 amide bonds. The summed E-state index contributed by atoms with van der Waals surface area (Å²) in [6.07, 6.45) is 1.09. The van der Waals surface area contributed by atoms with E-state index in [9.17, 15) is 23.1 Å². The van der Waals surface area contributed by atoms with Crippen LogP contribution in [0.25, 0.3) is 0 Å². The maximum Gasteiger partial charge on any atom is 0.416 e. The topological polar surface area (TPSA) is 40.5 Å². The molecule has 2 aliphatic rings. The van der Waals surface area contributed by atoms with Gasteiger partial charge in [0.05, 0.1) is 11.6 Å². The number of carboxylic acids is 1. The molecule has 1 aliphatic heterocycles. The maximum atomic E-state index is 13.1. The number of allylic oxidation sites excluding steroid dienone is 4. The molecule has 1 fully saturated rings. The highest BCUT2D eigenvalue weighted by molar-refractivity contribution is 6.31. The molecule has 7 heteroatoms. The summed E-state index contributed by atoms with van der Waals surface area (Å²) in [7, 11) is 0. The van der Waals surface area contributed by atoms with Crippen LogP contribution >= 0.6 is 11.6 Å². The van der Waals surface area contributed by atoms with Gasteiger partial charge in [0, 0.05) is 29.6 Å². The minimum atomic E-state index is -4.38. The van der Waals surface area contributed by atoms with Crippen molar-refractivity contribution in [1.82, 2.24) is 4.90 Å². The first-order chi connectivity index (χ1) is 15.6. The molecular formula is C26H27ClF3NO2. The highest BCUT2D eigenvalue weighted by Gasteiger charge is 2.40. The first-order valence-corrected chi connectivity index (χ1v) is 11.3. The van der Waals surface area contributed by atoms with E-state index >= 15 is 0 Å². The Morgan fingerprint density at radius 1 is 1.36 bits per heavy atom. The lowest BCUT2D eigenvalue weighted by Crippen LogP contribution is -2.48. The smallest absolute Gasteiger partial charge is 0.416 e. The minimum Gasteiger partial charge on any atom is -0.481 e. The summed E-state index contributed by atoms with van der Waals surface area (Å²) in [6.45, 7) is 6.24. The molecule has 1 aliphatic carbocycles. The highest BCUT2D eigenvalue weighted by atomic mass is 35.5. The highest BCUT2D eigenvalue weighted by Crippen LogP contribution is 2.41. The molecule has 1 aromatic rings. The van der Waals surface area contributed by atoms with Crippen LogP contribution in [0.2, 0.25) is 5.02 Å². The maximum absolute atomic E-state index is 13.1. The quantitative estimate of drug-likeness (QED) is 0.487. The summed E-state index contributed by atoms with van der Waals surface area (Å²) in [6, 6.07) is 6.84. The zero-order valence-corrected chi connectivity index (χ0v) is 19.2. The van der Waals surface area contributed by atoms with Crippen LogP contribution in [0.4, 0.5) is 13.2 Å². The van der Waals surface area contributed by atoms with E-state index in [0.29, 0.717) is 30.0 Å². The number of carbonyl (C=O) groups is 1. The molecule has 0 aromatic heterocycles. The number of hydrogen-bond acceptors (Lipinski definition) is 2. The number of nitrogens with zero attached hydrogens (tertiary/aromatic N) is 1. The third-order valence-electron chi connectivity index (χ3n) is 6.17. The van der Waals surface area contributed by atoms with Crippen LogP contribution in [0.1, 0.15) is 44.2 Å². The van der Waals surface area contributed by atoms with Crippen molar-refractivity contribution in [1.29, 1.82) is 0 Å². The number of aliphatic carboxylic acids is 1. The molecule has 0 bridgehead atoms. The second kappa shape index (κ2) is 10.6. The van der Waals surface area contributed by atoms with Crippen LogP contribution in [0.5, 0.6) is 0 Å². The number of likely N-dealkylation sites (tertiary alicyclic amines) is 1. The predicted octanol–water partition coefficient (Wildman–Crippen LogP) is 6.58. The van der Waals surface area contributed by atoms with Gasteiger partial charge in [-0.2, -0.15) is 13.2 Å². The number of benzene rings is 1. The lowest BCUT2D eigenvalue weighted by atomic mass is 9.78. The molecule has 1 saturated heterocycles. The van der Waals surface area contributed by atoms with Crippen LogP contribution in [0, 0.1) is 23.7 Å². The van der Waals surface area contributed by atoms with Crippen molar-refractivity contribution in [3.8, 4) is 11.8 Å². The second-order valence-corrected chi connectivity index (χ2v) is 9.09. The van der Waals surface area contributed by atoms with Gasteiger partial charge in [-0.05, 0) is 49.7 Å². The number of rotatable bonds is 5. The Kier molecular flexibility index (Phi) is 8.10. The summed E-state index contributed by atoms with van der Waals surface area (Å²) in [4.78, 5) is 13.5. The fraction of sp³-hybridized carbons (Fsp3) is 0.423. The van der Waals surface area contributed by atoms with E-state index in [0.717, 1.165) is 11.6 Å². The van der Waals surface area contributed by atoms with Crippen molar-refractivity contribution in [2.24, 2.45) is 11.8 Å². The molecule has 176 valence electrons. The van der Waals surface area contributed by atoms with Gasteiger partial charge in [-0.3, -0.25) is 9.69 Å². The SMILES string of the molecule is C=C(C)C#C[C@@H](c1ccccc1Cl)N1CC[C@H](CC(=O)O)C[C@@H]1C1C=CC(C(F)(F)F)=CC1. The molecule has 4 atom stereocenters. The van der Waals surface area contributed by atoms with Gasteiger partial charge >= 0.3 is 12.1 Å². The number of halogens is 4. The van der Waals surface area contributed by atoms with Crippen molar-refractivity contribution in [3.63, 3.8) is 0 Å². The fourth-order valence-electron chi connectivity index (χ4n) is 4.63. The van der Waals surface area contributed by atoms with Crippen LogP contribution < -0.4 is 0 Å². The lowest BCUT2D eigenvalue weighted by Gasteiger charge is -2.45. The molecule has 1 N–H and O–H groups in total. The first kappa shape index (κ1) is 25.1.